The minimum Gasteiger partial charge on any atom is -0.356 e. The summed E-state index contributed by atoms with van der Waals surface area (Å²) in [5, 5.41) is 11.5. The fourth-order valence-electron chi connectivity index (χ4n) is 3.48. The lowest BCUT2D eigenvalue weighted by Gasteiger charge is -2.04. The Bertz CT molecular complexity index is 1340. The Morgan fingerprint density at radius 2 is 1.41 bits per heavy atom. The molecule has 4 aromatic carbocycles. The quantitative estimate of drug-likeness (QED) is 0.444. The third-order valence-corrected chi connectivity index (χ3v) is 5.03. The molecule has 1 aromatic heterocycles. The van der Waals surface area contributed by atoms with Crippen molar-refractivity contribution in [3.05, 3.63) is 102 Å². The maximum absolute atomic E-state index is 12.5. The number of fused-ring (bicyclic) bond motifs is 2. The molecule has 0 saturated heterocycles. The average Bonchev–Trinajstić information content (AvgIpc) is 3.26. The Balaban J connectivity index is 1.31. The minimum atomic E-state index is -0.133. The molecular formula is C25H18N2O2. The summed E-state index contributed by atoms with van der Waals surface area (Å²) in [4.78, 5) is 12.5. The van der Waals surface area contributed by atoms with Crippen LogP contribution in [0.5, 0.6) is 0 Å². The van der Waals surface area contributed by atoms with Crippen molar-refractivity contribution in [1.29, 1.82) is 0 Å². The van der Waals surface area contributed by atoms with Crippen LogP contribution in [0.25, 0.3) is 32.9 Å². The number of nitrogens with zero attached hydrogens (tertiary/aromatic N) is 1. The molecule has 0 aliphatic rings. The van der Waals surface area contributed by atoms with Crippen molar-refractivity contribution < 1.29 is 9.32 Å². The lowest BCUT2D eigenvalue weighted by molar-refractivity contribution is 0.0950. The number of carbonyl (C=O) groups is 1. The van der Waals surface area contributed by atoms with Crippen LogP contribution < -0.4 is 5.32 Å². The Morgan fingerprint density at radius 1 is 0.759 bits per heavy atom. The van der Waals surface area contributed by atoms with Crippen LogP contribution in [0.2, 0.25) is 0 Å². The second kappa shape index (κ2) is 7.24. The number of aromatic nitrogens is 1. The van der Waals surface area contributed by atoms with Crippen LogP contribution in [0.15, 0.2) is 95.5 Å². The van der Waals surface area contributed by atoms with Gasteiger partial charge in [0, 0.05) is 17.2 Å². The number of carbonyl (C=O) groups excluding carboxylic acids is 1. The maximum Gasteiger partial charge on any atom is 0.251 e. The van der Waals surface area contributed by atoms with Crippen LogP contribution in [0.1, 0.15) is 16.1 Å². The monoisotopic (exact) mass is 378 g/mol. The predicted octanol–water partition coefficient (Wildman–Crippen LogP) is 5.58. The lowest BCUT2D eigenvalue weighted by Crippen LogP contribution is -2.22. The molecule has 0 unspecified atom stereocenters. The van der Waals surface area contributed by atoms with Crippen LogP contribution >= 0.6 is 0 Å². The Labute approximate surface area is 167 Å². The van der Waals surface area contributed by atoms with Gasteiger partial charge in [-0.3, -0.25) is 4.79 Å². The molecule has 0 spiro atoms. The summed E-state index contributed by atoms with van der Waals surface area (Å²) in [6.07, 6.45) is 0. The van der Waals surface area contributed by atoms with Crippen LogP contribution in [-0.2, 0) is 6.54 Å². The lowest BCUT2D eigenvalue weighted by atomic mass is 10.1. The van der Waals surface area contributed by atoms with Gasteiger partial charge in [0.1, 0.15) is 5.69 Å². The Hall–Kier alpha value is -3.92. The van der Waals surface area contributed by atoms with Gasteiger partial charge in [0.2, 0.25) is 0 Å². The summed E-state index contributed by atoms with van der Waals surface area (Å²) in [6.45, 7) is 0.308. The summed E-state index contributed by atoms with van der Waals surface area (Å²) in [6, 6.07) is 29.9. The zero-order valence-electron chi connectivity index (χ0n) is 15.6. The van der Waals surface area contributed by atoms with Gasteiger partial charge in [-0.05, 0) is 39.7 Å². The molecular weight excluding hydrogens is 360 g/mol. The van der Waals surface area contributed by atoms with Crippen molar-refractivity contribution in [2.75, 3.05) is 0 Å². The van der Waals surface area contributed by atoms with Crippen LogP contribution in [-0.4, -0.2) is 11.1 Å². The highest BCUT2D eigenvalue weighted by Gasteiger charge is 2.10. The van der Waals surface area contributed by atoms with Gasteiger partial charge in [0.15, 0.2) is 5.76 Å². The van der Waals surface area contributed by atoms with Gasteiger partial charge in [0.25, 0.3) is 5.91 Å². The van der Waals surface area contributed by atoms with Crippen molar-refractivity contribution in [2.45, 2.75) is 6.54 Å². The molecule has 0 bridgehead atoms. The first-order chi connectivity index (χ1) is 14.3. The molecule has 29 heavy (non-hydrogen) atoms. The molecule has 0 fully saturated rings. The molecule has 5 rings (SSSR count). The van der Waals surface area contributed by atoms with E-state index in [9.17, 15) is 4.79 Å². The number of hydrogen-bond acceptors (Lipinski definition) is 3. The number of benzene rings is 4. The highest BCUT2D eigenvalue weighted by molar-refractivity contribution is 5.98. The van der Waals surface area contributed by atoms with E-state index in [1.807, 2.05) is 66.7 Å². The zero-order valence-corrected chi connectivity index (χ0v) is 15.6. The van der Waals surface area contributed by atoms with Gasteiger partial charge in [0.05, 0.1) is 6.54 Å². The van der Waals surface area contributed by atoms with Crippen LogP contribution in [0.4, 0.5) is 0 Å². The van der Waals surface area contributed by atoms with Gasteiger partial charge >= 0.3 is 0 Å². The first-order valence-electron chi connectivity index (χ1n) is 9.48. The summed E-state index contributed by atoms with van der Waals surface area (Å²) in [5.74, 6) is 0.553. The third-order valence-electron chi connectivity index (χ3n) is 5.03. The average molecular weight is 378 g/mol. The predicted molar refractivity (Wildman–Crippen MR) is 115 cm³/mol. The summed E-state index contributed by atoms with van der Waals surface area (Å²) >= 11 is 0. The number of amides is 1. The van der Waals surface area contributed by atoms with Crippen molar-refractivity contribution in [2.24, 2.45) is 0 Å². The molecule has 0 aliphatic carbocycles. The maximum atomic E-state index is 12.5. The second-order valence-electron chi connectivity index (χ2n) is 6.99. The topological polar surface area (TPSA) is 55.1 Å². The Morgan fingerprint density at radius 3 is 2.17 bits per heavy atom. The summed E-state index contributed by atoms with van der Waals surface area (Å²) in [7, 11) is 0. The highest BCUT2D eigenvalue weighted by atomic mass is 16.5. The molecule has 140 valence electrons. The van der Waals surface area contributed by atoms with E-state index in [1.165, 1.54) is 5.39 Å². The molecule has 5 aromatic rings. The SMILES string of the molecule is O=C(NCc1cc(-c2ccc3ccccc3c2)on1)c1ccc2ccccc2c1. The number of nitrogens with one attached hydrogen (secondary N) is 1. The fourth-order valence-corrected chi connectivity index (χ4v) is 3.48. The van der Waals surface area contributed by atoms with Crippen LogP contribution in [0, 0.1) is 0 Å². The van der Waals surface area contributed by atoms with Gasteiger partial charge < -0.3 is 9.84 Å². The molecule has 0 aliphatic heterocycles. The first kappa shape index (κ1) is 17.2. The summed E-state index contributed by atoms with van der Waals surface area (Å²) < 4.78 is 5.49. The van der Waals surface area contributed by atoms with E-state index >= 15 is 0 Å². The molecule has 0 radical (unpaired) electrons. The van der Waals surface area contributed by atoms with Crippen molar-refractivity contribution >= 4 is 27.5 Å². The van der Waals surface area contributed by atoms with E-state index in [0.29, 0.717) is 23.6 Å². The molecule has 0 atom stereocenters. The Kier molecular flexibility index (Phi) is 4.30. The van der Waals surface area contributed by atoms with Crippen LogP contribution in [0.3, 0.4) is 0 Å². The van der Waals surface area contributed by atoms with E-state index < -0.39 is 0 Å². The first-order valence-corrected chi connectivity index (χ1v) is 9.48. The molecule has 0 saturated carbocycles. The van der Waals surface area contributed by atoms with Crippen molar-refractivity contribution in [1.82, 2.24) is 10.5 Å². The zero-order chi connectivity index (χ0) is 19.6. The van der Waals surface area contributed by atoms with E-state index in [2.05, 4.69) is 34.7 Å². The number of hydrogen-bond donors (Lipinski definition) is 1. The van der Waals surface area contributed by atoms with Gasteiger partial charge in [-0.2, -0.15) is 0 Å². The smallest absolute Gasteiger partial charge is 0.251 e. The standard InChI is InChI=1S/C25H18N2O2/c28-25(22-12-10-18-6-2-4-8-20(18)14-22)26-16-23-15-24(29-27-23)21-11-9-17-5-1-3-7-19(17)13-21/h1-15H,16H2,(H,26,28). The summed E-state index contributed by atoms with van der Waals surface area (Å²) in [5.41, 5.74) is 2.27. The fraction of sp³-hybridized carbons (Fsp3) is 0.0400. The molecule has 1 N–H and O–H groups in total. The normalized spacial score (nSPS) is 11.0. The van der Waals surface area contributed by atoms with Gasteiger partial charge in [-0.15, -0.1) is 0 Å². The van der Waals surface area contributed by atoms with Gasteiger partial charge in [-0.1, -0.05) is 71.9 Å². The second-order valence-corrected chi connectivity index (χ2v) is 6.99. The van der Waals surface area contributed by atoms with Crippen molar-refractivity contribution in [3.8, 4) is 11.3 Å². The van der Waals surface area contributed by atoms with Crippen molar-refractivity contribution in [3.63, 3.8) is 0 Å². The molecule has 1 amide bonds. The van der Waals surface area contributed by atoms with E-state index in [1.54, 1.807) is 0 Å². The third kappa shape index (κ3) is 3.48. The van der Waals surface area contributed by atoms with E-state index in [0.717, 1.165) is 21.7 Å². The van der Waals surface area contributed by atoms with E-state index in [-0.39, 0.29) is 5.91 Å². The van der Waals surface area contributed by atoms with Gasteiger partial charge in [-0.25, -0.2) is 0 Å². The highest BCUT2D eigenvalue weighted by Crippen LogP contribution is 2.25. The molecule has 4 heteroatoms. The molecule has 1 heterocycles. The van der Waals surface area contributed by atoms with E-state index in [4.69, 9.17) is 4.52 Å². The largest absolute Gasteiger partial charge is 0.356 e. The minimum absolute atomic E-state index is 0.133. The molecule has 4 nitrogen and oxygen atoms in total. The number of rotatable bonds is 4.